The third-order valence-corrected chi connectivity index (χ3v) is 3.86. The maximum atomic E-state index is 6.30. The number of hydrogen-bond donors (Lipinski definition) is 0. The number of hydrogen-bond acceptors (Lipinski definition) is 2. The molecule has 4 heteroatoms. The molecule has 0 fully saturated rings. The maximum absolute atomic E-state index is 6.30. The van der Waals surface area contributed by atoms with E-state index in [9.17, 15) is 0 Å². The summed E-state index contributed by atoms with van der Waals surface area (Å²) in [5, 5.41) is 5.10. The van der Waals surface area contributed by atoms with Crippen molar-refractivity contribution < 1.29 is 4.74 Å². The molecule has 0 atom stereocenters. The fourth-order valence-corrected chi connectivity index (χ4v) is 2.35. The van der Waals surface area contributed by atoms with Gasteiger partial charge in [-0.15, -0.1) is 0 Å². The highest BCUT2D eigenvalue weighted by molar-refractivity contribution is 6.31. The van der Waals surface area contributed by atoms with Crippen molar-refractivity contribution in [2.75, 3.05) is 0 Å². The molecule has 3 nitrogen and oxygen atoms in total. The van der Waals surface area contributed by atoms with Crippen molar-refractivity contribution in [1.29, 1.82) is 0 Å². The fraction of sp³-hybridized carbons (Fsp3) is 0.400. The summed E-state index contributed by atoms with van der Waals surface area (Å²) in [5.74, 6) is 0.898. The van der Waals surface area contributed by atoms with Gasteiger partial charge in [0.25, 0.3) is 0 Å². The Morgan fingerprint density at radius 3 is 2.68 bits per heavy atom. The molecule has 0 aliphatic heterocycles. The van der Waals surface area contributed by atoms with Gasteiger partial charge in [-0.2, -0.15) is 5.10 Å². The van der Waals surface area contributed by atoms with Crippen LogP contribution in [0.1, 0.15) is 29.4 Å². The molecule has 2 aromatic rings. The van der Waals surface area contributed by atoms with Gasteiger partial charge in [0.05, 0.1) is 16.4 Å². The van der Waals surface area contributed by atoms with Crippen LogP contribution in [0.25, 0.3) is 0 Å². The van der Waals surface area contributed by atoms with E-state index in [0.717, 1.165) is 34.1 Å². The Hall–Kier alpha value is -1.48. The molecule has 0 unspecified atom stereocenters. The Labute approximate surface area is 119 Å². The first-order valence-electron chi connectivity index (χ1n) is 6.43. The number of rotatable bonds is 4. The minimum atomic E-state index is 0.437. The van der Waals surface area contributed by atoms with E-state index in [0.29, 0.717) is 6.61 Å². The highest BCUT2D eigenvalue weighted by atomic mass is 35.5. The molecule has 0 radical (unpaired) electrons. The summed E-state index contributed by atoms with van der Waals surface area (Å²) >= 11 is 6.30. The second kappa shape index (κ2) is 5.66. The van der Waals surface area contributed by atoms with Crippen molar-refractivity contribution in [3.63, 3.8) is 0 Å². The van der Waals surface area contributed by atoms with Crippen LogP contribution in [0.2, 0.25) is 5.02 Å². The van der Waals surface area contributed by atoms with E-state index in [-0.39, 0.29) is 0 Å². The molecule has 1 heterocycles. The minimum absolute atomic E-state index is 0.437. The van der Waals surface area contributed by atoms with E-state index in [4.69, 9.17) is 16.3 Å². The van der Waals surface area contributed by atoms with E-state index in [2.05, 4.69) is 25.0 Å². The quantitative estimate of drug-likeness (QED) is 0.850. The van der Waals surface area contributed by atoms with Crippen molar-refractivity contribution in [3.05, 3.63) is 45.7 Å². The van der Waals surface area contributed by atoms with Crippen molar-refractivity contribution in [1.82, 2.24) is 9.78 Å². The van der Waals surface area contributed by atoms with Gasteiger partial charge in [-0.1, -0.05) is 30.7 Å². The molecule has 1 aromatic carbocycles. The number of halogens is 1. The van der Waals surface area contributed by atoms with Gasteiger partial charge < -0.3 is 4.74 Å². The Morgan fingerprint density at radius 2 is 2.05 bits per heavy atom. The zero-order valence-corrected chi connectivity index (χ0v) is 12.6. The van der Waals surface area contributed by atoms with Crippen LogP contribution in [0.5, 0.6) is 5.75 Å². The van der Waals surface area contributed by atoms with Gasteiger partial charge >= 0.3 is 0 Å². The lowest BCUT2D eigenvalue weighted by molar-refractivity contribution is 0.293. The summed E-state index contributed by atoms with van der Waals surface area (Å²) in [4.78, 5) is 0. The molecule has 0 amide bonds. The molecule has 0 aliphatic carbocycles. The molecular weight excluding hydrogens is 260 g/mol. The second-order valence-electron chi connectivity index (χ2n) is 4.67. The number of aromatic nitrogens is 2. The SMILES string of the molecule is CCc1nn(C)c(COc2cccc(C)c2C)c1Cl. The molecule has 0 saturated carbocycles. The normalized spacial score (nSPS) is 10.8. The van der Waals surface area contributed by atoms with Gasteiger partial charge in [0.2, 0.25) is 0 Å². The summed E-state index contributed by atoms with van der Waals surface area (Å²) in [7, 11) is 1.90. The maximum Gasteiger partial charge on any atom is 0.131 e. The average molecular weight is 279 g/mol. The van der Waals surface area contributed by atoms with Crippen molar-refractivity contribution in [2.45, 2.75) is 33.8 Å². The van der Waals surface area contributed by atoms with Crippen LogP contribution in [-0.4, -0.2) is 9.78 Å². The first kappa shape index (κ1) is 13.9. The zero-order chi connectivity index (χ0) is 14.0. The summed E-state index contributed by atoms with van der Waals surface area (Å²) in [6, 6.07) is 6.06. The summed E-state index contributed by atoms with van der Waals surface area (Å²) in [6.07, 6.45) is 0.830. The Morgan fingerprint density at radius 1 is 1.32 bits per heavy atom. The Kier molecular flexibility index (Phi) is 4.15. The van der Waals surface area contributed by atoms with Gasteiger partial charge in [-0.3, -0.25) is 4.68 Å². The molecule has 1 aromatic heterocycles. The molecular formula is C15H19ClN2O. The largest absolute Gasteiger partial charge is 0.487 e. The monoisotopic (exact) mass is 278 g/mol. The first-order valence-corrected chi connectivity index (χ1v) is 6.81. The van der Waals surface area contributed by atoms with Crippen molar-refractivity contribution in [3.8, 4) is 5.75 Å². The molecule has 2 rings (SSSR count). The summed E-state index contributed by atoms with van der Waals surface area (Å²) in [5.41, 5.74) is 4.22. The lowest BCUT2D eigenvalue weighted by Gasteiger charge is -2.11. The molecule has 0 aliphatic rings. The van der Waals surface area contributed by atoms with E-state index in [1.807, 2.05) is 26.1 Å². The van der Waals surface area contributed by atoms with E-state index in [1.54, 1.807) is 4.68 Å². The Bertz CT molecular complexity index is 590. The molecule has 0 saturated heterocycles. The Balaban J connectivity index is 2.19. The van der Waals surface area contributed by atoms with Crippen LogP contribution in [0.3, 0.4) is 0 Å². The van der Waals surface area contributed by atoms with E-state index < -0.39 is 0 Å². The van der Waals surface area contributed by atoms with Gasteiger partial charge in [0.1, 0.15) is 12.4 Å². The van der Waals surface area contributed by atoms with E-state index >= 15 is 0 Å². The molecule has 0 N–H and O–H groups in total. The third kappa shape index (κ3) is 2.76. The lowest BCUT2D eigenvalue weighted by atomic mass is 10.1. The van der Waals surface area contributed by atoms with E-state index in [1.165, 1.54) is 5.56 Å². The summed E-state index contributed by atoms with van der Waals surface area (Å²) in [6.45, 7) is 6.62. The number of nitrogens with zero attached hydrogens (tertiary/aromatic N) is 2. The predicted molar refractivity (Wildman–Crippen MR) is 77.8 cm³/mol. The number of benzene rings is 1. The van der Waals surface area contributed by atoms with Crippen LogP contribution in [0.15, 0.2) is 18.2 Å². The van der Waals surface area contributed by atoms with Crippen LogP contribution in [-0.2, 0) is 20.1 Å². The zero-order valence-electron chi connectivity index (χ0n) is 11.8. The molecule has 0 spiro atoms. The van der Waals surface area contributed by atoms with Crippen molar-refractivity contribution in [2.24, 2.45) is 7.05 Å². The molecule has 102 valence electrons. The highest BCUT2D eigenvalue weighted by Crippen LogP contribution is 2.25. The number of aryl methyl sites for hydroxylation is 3. The van der Waals surface area contributed by atoms with Gasteiger partial charge in [0, 0.05) is 7.05 Å². The van der Waals surface area contributed by atoms with Crippen molar-refractivity contribution >= 4 is 11.6 Å². The highest BCUT2D eigenvalue weighted by Gasteiger charge is 2.13. The minimum Gasteiger partial charge on any atom is -0.487 e. The number of ether oxygens (including phenoxy) is 1. The fourth-order valence-electron chi connectivity index (χ4n) is 2.00. The standard InChI is InChI=1S/C15H19ClN2O/c1-5-12-15(16)13(18(4)17-12)9-19-14-8-6-7-10(2)11(14)3/h6-8H,5,9H2,1-4H3. The van der Waals surface area contributed by atoms with Crippen LogP contribution >= 0.6 is 11.6 Å². The third-order valence-electron chi connectivity index (χ3n) is 3.42. The first-order chi connectivity index (χ1) is 9.04. The second-order valence-corrected chi connectivity index (χ2v) is 5.05. The topological polar surface area (TPSA) is 27.1 Å². The molecule has 0 bridgehead atoms. The summed E-state index contributed by atoms with van der Waals surface area (Å²) < 4.78 is 7.68. The molecule has 19 heavy (non-hydrogen) atoms. The van der Waals surface area contributed by atoms with Crippen LogP contribution in [0, 0.1) is 13.8 Å². The lowest BCUT2D eigenvalue weighted by Crippen LogP contribution is -2.04. The van der Waals surface area contributed by atoms with Crippen LogP contribution in [0.4, 0.5) is 0 Å². The average Bonchev–Trinajstić information content (AvgIpc) is 2.66. The van der Waals surface area contributed by atoms with Gasteiger partial charge in [-0.25, -0.2) is 0 Å². The van der Waals surface area contributed by atoms with Gasteiger partial charge in [-0.05, 0) is 37.5 Å². The predicted octanol–water partition coefficient (Wildman–Crippen LogP) is 3.83. The van der Waals surface area contributed by atoms with Crippen LogP contribution < -0.4 is 4.74 Å². The smallest absolute Gasteiger partial charge is 0.131 e. The van der Waals surface area contributed by atoms with Gasteiger partial charge in [0.15, 0.2) is 0 Å².